The molecule has 0 saturated carbocycles. The summed E-state index contributed by atoms with van der Waals surface area (Å²) in [4.78, 5) is 19.5. The Balaban J connectivity index is 0.00000225. The molecule has 1 saturated heterocycles. The summed E-state index contributed by atoms with van der Waals surface area (Å²) in [6.45, 7) is 9.50. The molecule has 2 N–H and O–H groups in total. The Bertz CT molecular complexity index is 749. The molecular weight excluding hydrogens is 340 g/mol. The third kappa shape index (κ3) is 3.80. The fourth-order valence-electron chi connectivity index (χ4n) is 3.38. The fraction of sp³-hybridized carbons (Fsp3) is 0.611. The molecule has 7 heteroatoms. The smallest absolute Gasteiger partial charge is 0.259 e. The average molecular weight is 367 g/mol. The molecule has 1 amide bonds. The second-order valence-corrected chi connectivity index (χ2v) is 7.19. The SMILES string of the molecule is Cc1noc2nc(C(C)C)cc(C(=O)N3CCC(C(C)N)CC3)c12.Cl. The molecule has 3 heterocycles. The number of hydrogen-bond acceptors (Lipinski definition) is 5. The largest absolute Gasteiger partial charge is 0.339 e. The van der Waals surface area contributed by atoms with Crippen LogP contribution in [0.4, 0.5) is 0 Å². The lowest BCUT2D eigenvalue weighted by Gasteiger charge is -2.34. The van der Waals surface area contributed by atoms with Crippen LogP contribution in [0.5, 0.6) is 0 Å². The van der Waals surface area contributed by atoms with E-state index in [1.807, 2.05) is 24.8 Å². The number of rotatable bonds is 3. The number of amides is 1. The standard InChI is InChI=1S/C18H26N4O2.ClH/c1-10(2)15-9-14(16-12(4)21-24-17(16)20-15)18(23)22-7-5-13(6-8-22)11(3)19;/h9-11,13H,5-8,19H2,1-4H3;1H. The summed E-state index contributed by atoms with van der Waals surface area (Å²) in [5, 5.41) is 4.73. The van der Waals surface area contributed by atoms with E-state index in [0.717, 1.165) is 37.0 Å². The third-order valence-corrected chi connectivity index (χ3v) is 5.03. The molecule has 0 aromatic carbocycles. The topological polar surface area (TPSA) is 85.2 Å². The van der Waals surface area contributed by atoms with Gasteiger partial charge in [0.2, 0.25) is 0 Å². The summed E-state index contributed by atoms with van der Waals surface area (Å²) in [5.74, 6) is 0.754. The molecule has 138 valence electrons. The molecule has 1 atom stereocenters. The number of halogens is 1. The van der Waals surface area contributed by atoms with Crippen molar-refractivity contribution in [3.05, 3.63) is 23.0 Å². The van der Waals surface area contributed by atoms with E-state index in [1.54, 1.807) is 0 Å². The highest BCUT2D eigenvalue weighted by atomic mass is 35.5. The summed E-state index contributed by atoms with van der Waals surface area (Å²) in [7, 11) is 0. The number of likely N-dealkylation sites (tertiary alicyclic amines) is 1. The van der Waals surface area contributed by atoms with Gasteiger partial charge in [-0.3, -0.25) is 4.79 Å². The molecule has 1 unspecified atom stereocenters. The van der Waals surface area contributed by atoms with Crippen LogP contribution >= 0.6 is 12.4 Å². The predicted octanol–water partition coefficient (Wildman–Crippen LogP) is 3.28. The predicted molar refractivity (Wildman–Crippen MR) is 100 cm³/mol. The van der Waals surface area contributed by atoms with Gasteiger partial charge in [0.25, 0.3) is 11.6 Å². The first-order chi connectivity index (χ1) is 11.4. The molecule has 0 bridgehead atoms. The first kappa shape index (κ1) is 19.7. The zero-order chi connectivity index (χ0) is 17.4. The molecule has 1 aliphatic rings. The number of nitrogens with zero attached hydrogens (tertiary/aromatic N) is 3. The van der Waals surface area contributed by atoms with Gasteiger partial charge >= 0.3 is 0 Å². The first-order valence-electron chi connectivity index (χ1n) is 8.70. The van der Waals surface area contributed by atoms with Gasteiger partial charge in [-0.05, 0) is 44.6 Å². The number of hydrogen-bond donors (Lipinski definition) is 1. The summed E-state index contributed by atoms with van der Waals surface area (Å²) in [5.41, 5.74) is 8.67. The van der Waals surface area contributed by atoms with Crippen molar-refractivity contribution in [3.8, 4) is 0 Å². The van der Waals surface area contributed by atoms with E-state index in [2.05, 4.69) is 24.0 Å². The number of carbonyl (C=O) groups excluding carboxylic acids is 1. The van der Waals surface area contributed by atoms with E-state index in [9.17, 15) is 4.79 Å². The van der Waals surface area contributed by atoms with Crippen molar-refractivity contribution in [1.82, 2.24) is 15.0 Å². The van der Waals surface area contributed by atoms with Crippen LogP contribution in [-0.4, -0.2) is 40.1 Å². The van der Waals surface area contributed by atoms with Gasteiger partial charge in [0.15, 0.2) is 0 Å². The zero-order valence-corrected chi connectivity index (χ0v) is 16.1. The maximum absolute atomic E-state index is 13.1. The van der Waals surface area contributed by atoms with Crippen molar-refractivity contribution < 1.29 is 9.32 Å². The molecular formula is C18H27ClN4O2. The number of carbonyl (C=O) groups is 1. The Morgan fingerprint density at radius 2 is 1.96 bits per heavy atom. The Kier molecular flexibility index (Phi) is 6.06. The van der Waals surface area contributed by atoms with E-state index in [1.165, 1.54) is 0 Å². The van der Waals surface area contributed by atoms with Gasteiger partial charge in [-0.2, -0.15) is 0 Å². The number of pyridine rings is 1. The molecule has 2 aromatic rings. The van der Waals surface area contributed by atoms with Gasteiger partial charge in [-0.25, -0.2) is 4.98 Å². The highest BCUT2D eigenvalue weighted by molar-refractivity contribution is 6.06. The van der Waals surface area contributed by atoms with Gasteiger partial charge in [0.05, 0.1) is 16.6 Å². The number of fused-ring (bicyclic) bond motifs is 1. The van der Waals surface area contributed by atoms with E-state index in [-0.39, 0.29) is 30.3 Å². The summed E-state index contributed by atoms with van der Waals surface area (Å²) >= 11 is 0. The van der Waals surface area contributed by atoms with E-state index < -0.39 is 0 Å². The van der Waals surface area contributed by atoms with Gasteiger partial charge in [-0.15, -0.1) is 12.4 Å². The molecule has 2 aromatic heterocycles. The van der Waals surface area contributed by atoms with Crippen LogP contribution in [0.2, 0.25) is 0 Å². The zero-order valence-electron chi connectivity index (χ0n) is 15.3. The van der Waals surface area contributed by atoms with Crippen molar-refractivity contribution in [2.24, 2.45) is 11.7 Å². The molecule has 0 aliphatic carbocycles. The highest BCUT2D eigenvalue weighted by Crippen LogP contribution is 2.28. The number of aryl methyl sites for hydroxylation is 1. The molecule has 25 heavy (non-hydrogen) atoms. The lowest BCUT2D eigenvalue weighted by molar-refractivity contribution is 0.0682. The van der Waals surface area contributed by atoms with Crippen LogP contribution in [0.25, 0.3) is 11.1 Å². The second-order valence-electron chi connectivity index (χ2n) is 7.19. The third-order valence-electron chi connectivity index (χ3n) is 5.03. The maximum atomic E-state index is 13.1. The normalized spacial score (nSPS) is 17.0. The van der Waals surface area contributed by atoms with Crippen LogP contribution < -0.4 is 5.73 Å². The Morgan fingerprint density at radius 3 is 2.52 bits per heavy atom. The van der Waals surface area contributed by atoms with Crippen molar-refractivity contribution in [3.63, 3.8) is 0 Å². The maximum Gasteiger partial charge on any atom is 0.259 e. The molecule has 1 aliphatic heterocycles. The summed E-state index contributed by atoms with van der Waals surface area (Å²) in [6, 6.07) is 2.08. The van der Waals surface area contributed by atoms with Crippen LogP contribution in [0.3, 0.4) is 0 Å². The van der Waals surface area contributed by atoms with E-state index >= 15 is 0 Å². The van der Waals surface area contributed by atoms with Crippen molar-refractivity contribution in [2.45, 2.75) is 52.5 Å². The van der Waals surface area contributed by atoms with Crippen LogP contribution in [0.15, 0.2) is 10.6 Å². The van der Waals surface area contributed by atoms with Crippen LogP contribution in [-0.2, 0) is 0 Å². The Morgan fingerprint density at radius 1 is 1.32 bits per heavy atom. The highest BCUT2D eigenvalue weighted by Gasteiger charge is 2.28. The molecule has 6 nitrogen and oxygen atoms in total. The summed E-state index contributed by atoms with van der Waals surface area (Å²) < 4.78 is 5.32. The minimum absolute atomic E-state index is 0. The van der Waals surface area contributed by atoms with Crippen LogP contribution in [0, 0.1) is 12.8 Å². The first-order valence-corrected chi connectivity index (χ1v) is 8.70. The van der Waals surface area contributed by atoms with Gasteiger partial charge in [0, 0.05) is 24.8 Å². The monoisotopic (exact) mass is 366 g/mol. The quantitative estimate of drug-likeness (QED) is 0.900. The van der Waals surface area contributed by atoms with Gasteiger partial charge in [-0.1, -0.05) is 19.0 Å². The second kappa shape index (κ2) is 7.70. The summed E-state index contributed by atoms with van der Waals surface area (Å²) in [6.07, 6.45) is 1.91. The van der Waals surface area contributed by atoms with E-state index in [4.69, 9.17) is 10.3 Å². The average Bonchev–Trinajstić information content (AvgIpc) is 2.94. The lowest BCUT2D eigenvalue weighted by atomic mass is 9.90. The minimum atomic E-state index is 0. The Hall–Kier alpha value is -1.66. The van der Waals surface area contributed by atoms with Crippen molar-refractivity contribution in [2.75, 3.05) is 13.1 Å². The van der Waals surface area contributed by atoms with E-state index in [0.29, 0.717) is 22.9 Å². The number of piperidine rings is 1. The molecule has 3 rings (SSSR count). The molecule has 0 radical (unpaired) electrons. The lowest BCUT2D eigenvalue weighted by Crippen LogP contribution is -2.42. The van der Waals surface area contributed by atoms with Gasteiger partial charge in [0.1, 0.15) is 0 Å². The van der Waals surface area contributed by atoms with Crippen molar-refractivity contribution in [1.29, 1.82) is 0 Å². The minimum Gasteiger partial charge on any atom is -0.339 e. The van der Waals surface area contributed by atoms with Crippen molar-refractivity contribution >= 4 is 29.4 Å². The molecule has 1 fully saturated rings. The number of nitrogens with two attached hydrogens (primary N) is 1. The Labute approximate surface area is 154 Å². The van der Waals surface area contributed by atoms with Crippen LogP contribution in [0.1, 0.15) is 61.3 Å². The number of aromatic nitrogens is 2. The molecule has 0 spiro atoms. The van der Waals surface area contributed by atoms with Gasteiger partial charge < -0.3 is 15.2 Å². The fourth-order valence-corrected chi connectivity index (χ4v) is 3.38.